The molecule has 26 heavy (non-hydrogen) atoms. The lowest BCUT2D eigenvalue weighted by Gasteiger charge is -2.06. The Morgan fingerprint density at radius 2 is 1.81 bits per heavy atom. The van der Waals surface area contributed by atoms with E-state index >= 15 is 0 Å². The van der Waals surface area contributed by atoms with Gasteiger partial charge in [-0.1, -0.05) is 36.4 Å². The van der Waals surface area contributed by atoms with Gasteiger partial charge in [0, 0.05) is 24.8 Å². The highest BCUT2D eigenvalue weighted by Gasteiger charge is 2.10. The number of carbonyl (C=O) groups excluding carboxylic acids is 1. The van der Waals surface area contributed by atoms with E-state index in [9.17, 15) is 4.79 Å². The molecule has 6 heteroatoms. The Hall–Kier alpha value is -3.41. The number of hydrogen-bond acceptors (Lipinski definition) is 3. The molecule has 2 aromatic heterocycles. The largest absolute Gasteiger partial charge is 0.351 e. The number of benzene rings is 2. The highest BCUT2D eigenvalue weighted by molar-refractivity contribution is 5.91. The lowest BCUT2D eigenvalue weighted by molar-refractivity contribution is 0.0947. The van der Waals surface area contributed by atoms with Crippen molar-refractivity contribution in [1.29, 1.82) is 0 Å². The average Bonchev–Trinajstić information content (AvgIpc) is 3.33. The first-order valence-electron chi connectivity index (χ1n) is 8.61. The van der Waals surface area contributed by atoms with Crippen LogP contribution in [-0.4, -0.2) is 32.0 Å². The second kappa shape index (κ2) is 7.23. The van der Waals surface area contributed by atoms with Gasteiger partial charge in [0.25, 0.3) is 5.91 Å². The molecule has 2 aromatic carbocycles. The van der Waals surface area contributed by atoms with E-state index in [1.165, 1.54) is 21.9 Å². The van der Waals surface area contributed by atoms with E-state index in [2.05, 4.69) is 44.5 Å². The lowest BCUT2D eigenvalue weighted by Crippen LogP contribution is -2.25. The maximum Gasteiger partial charge on any atom is 0.273 e. The minimum atomic E-state index is -0.204. The quantitative estimate of drug-likeness (QED) is 0.546. The number of nitrogens with one attached hydrogen (secondary N) is 1. The van der Waals surface area contributed by atoms with Gasteiger partial charge in [0.2, 0.25) is 0 Å². The van der Waals surface area contributed by atoms with Gasteiger partial charge in [-0.25, -0.2) is 0 Å². The first kappa shape index (κ1) is 16.1. The third kappa shape index (κ3) is 3.35. The van der Waals surface area contributed by atoms with Crippen molar-refractivity contribution in [2.45, 2.75) is 13.0 Å². The number of aromatic nitrogens is 4. The maximum absolute atomic E-state index is 12.2. The van der Waals surface area contributed by atoms with E-state index in [0.717, 1.165) is 18.7 Å². The van der Waals surface area contributed by atoms with Crippen LogP contribution in [0.4, 0.5) is 0 Å². The number of fused-ring (bicyclic) bond motifs is 1. The molecule has 0 radical (unpaired) electrons. The zero-order valence-electron chi connectivity index (χ0n) is 14.2. The fraction of sp³-hybridized carbons (Fsp3) is 0.150. The SMILES string of the molecule is O=C(NCCCn1ccc2ccccc21)c1cnn(-c2ccccc2)n1. The molecule has 0 aliphatic rings. The Kier molecular flexibility index (Phi) is 4.47. The third-order valence-corrected chi connectivity index (χ3v) is 4.25. The highest BCUT2D eigenvalue weighted by Crippen LogP contribution is 2.15. The van der Waals surface area contributed by atoms with Gasteiger partial charge in [-0.2, -0.15) is 9.90 Å². The van der Waals surface area contributed by atoms with Crippen LogP contribution < -0.4 is 5.32 Å². The summed E-state index contributed by atoms with van der Waals surface area (Å²) in [6, 6.07) is 19.9. The van der Waals surface area contributed by atoms with Gasteiger partial charge in [0.15, 0.2) is 5.69 Å². The molecule has 6 nitrogen and oxygen atoms in total. The minimum Gasteiger partial charge on any atom is -0.351 e. The Morgan fingerprint density at radius 3 is 2.69 bits per heavy atom. The summed E-state index contributed by atoms with van der Waals surface area (Å²) in [6.45, 7) is 1.44. The zero-order valence-corrected chi connectivity index (χ0v) is 14.2. The molecule has 4 aromatic rings. The molecule has 0 fully saturated rings. The van der Waals surface area contributed by atoms with Crippen LogP contribution >= 0.6 is 0 Å². The maximum atomic E-state index is 12.2. The van der Waals surface area contributed by atoms with Crippen molar-refractivity contribution in [3.05, 3.63) is 78.8 Å². The van der Waals surface area contributed by atoms with E-state index in [1.807, 2.05) is 42.5 Å². The fourth-order valence-electron chi connectivity index (χ4n) is 2.93. The van der Waals surface area contributed by atoms with Crippen LogP contribution in [0.2, 0.25) is 0 Å². The number of amides is 1. The van der Waals surface area contributed by atoms with Crippen molar-refractivity contribution in [3.63, 3.8) is 0 Å². The molecule has 0 saturated heterocycles. The van der Waals surface area contributed by atoms with Crippen molar-refractivity contribution in [3.8, 4) is 5.69 Å². The molecule has 0 spiro atoms. The molecule has 0 bridgehead atoms. The average molecular weight is 345 g/mol. The predicted molar refractivity (Wildman–Crippen MR) is 100 cm³/mol. The summed E-state index contributed by atoms with van der Waals surface area (Å²) >= 11 is 0. The van der Waals surface area contributed by atoms with E-state index < -0.39 is 0 Å². The van der Waals surface area contributed by atoms with E-state index in [4.69, 9.17) is 0 Å². The molecular formula is C20H19N5O. The number of nitrogens with zero attached hydrogens (tertiary/aromatic N) is 4. The smallest absolute Gasteiger partial charge is 0.273 e. The zero-order chi connectivity index (χ0) is 17.8. The van der Waals surface area contributed by atoms with Crippen molar-refractivity contribution in [2.75, 3.05) is 6.54 Å². The van der Waals surface area contributed by atoms with Gasteiger partial charge in [-0.05, 0) is 36.1 Å². The Labute approximate surface area is 151 Å². The summed E-state index contributed by atoms with van der Waals surface area (Å²) in [6.07, 6.45) is 4.41. The summed E-state index contributed by atoms with van der Waals surface area (Å²) in [5.41, 5.74) is 2.36. The molecule has 130 valence electrons. The van der Waals surface area contributed by atoms with Crippen LogP contribution in [0.25, 0.3) is 16.6 Å². The monoisotopic (exact) mass is 345 g/mol. The van der Waals surface area contributed by atoms with Crippen molar-refractivity contribution >= 4 is 16.8 Å². The van der Waals surface area contributed by atoms with Crippen LogP contribution in [0.5, 0.6) is 0 Å². The summed E-state index contributed by atoms with van der Waals surface area (Å²) < 4.78 is 2.20. The first-order chi connectivity index (χ1) is 12.8. The van der Waals surface area contributed by atoms with Crippen LogP contribution in [0.3, 0.4) is 0 Å². The Balaban J connectivity index is 1.31. The Bertz CT molecular complexity index is 1020. The van der Waals surface area contributed by atoms with Gasteiger partial charge < -0.3 is 9.88 Å². The van der Waals surface area contributed by atoms with E-state index in [0.29, 0.717) is 12.2 Å². The molecule has 0 aliphatic heterocycles. The van der Waals surface area contributed by atoms with E-state index in [-0.39, 0.29) is 5.91 Å². The first-order valence-corrected chi connectivity index (χ1v) is 8.61. The number of carbonyl (C=O) groups is 1. The predicted octanol–water partition coefficient (Wildman–Crippen LogP) is 3.04. The molecule has 2 heterocycles. The van der Waals surface area contributed by atoms with Crippen molar-refractivity contribution in [1.82, 2.24) is 24.9 Å². The minimum absolute atomic E-state index is 0.204. The van der Waals surface area contributed by atoms with Gasteiger partial charge in [-0.15, -0.1) is 5.10 Å². The molecular weight excluding hydrogens is 326 g/mol. The summed E-state index contributed by atoms with van der Waals surface area (Å²) in [5, 5.41) is 12.5. The van der Waals surface area contributed by atoms with Gasteiger partial charge in [0.05, 0.1) is 11.9 Å². The number of hydrogen-bond donors (Lipinski definition) is 1. The number of aryl methyl sites for hydroxylation is 1. The fourth-order valence-corrected chi connectivity index (χ4v) is 2.93. The topological polar surface area (TPSA) is 64.7 Å². The third-order valence-electron chi connectivity index (χ3n) is 4.25. The molecule has 0 atom stereocenters. The standard InChI is InChI=1S/C20H19N5O/c26-20(18-15-22-25(23-18)17-8-2-1-3-9-17)21-12-6-13-24-14-11-16-7-4-5-10-19(16)24/h1-5,7-11,14-15H,6,12-13H2,(H,21,26). The van der Waals surface area contributed by atoms with Crippen LogP contribution in [0.15, 0.2) is 73.1 Å². The second-order valence-electron chi connectivity index (χ2n) is 6.03. The van der Waals surface area contributed by atoms with Crippen LogP contribution in [0, 0.1) is 0 Å². The molecule has 4 rings (SSSR count). The normalized spacial score (nSPS) is 10.9. The van der Waals surface area contributed by atoms with Gasteiger partial charge in [-0.3, -0.25) is 4.79 Å². The molecule has 0 aliphatic carbocycles. The van der Waals surface area contributed by atoms with E-state index in [1.54, 1.807) is 0 Å². The number of para-hydroxylation sites is 2. The number of rotatable bonds is 6. The molecule has 0 saturated carbocycles. The summed E-state index contributed by atoms with van der Waals surface area (Å²) in [7, 11) is 0. The summed E-state index contributed by atoms with van der Waals surface area (Å²) in [5.74, 6) is -0.204. The van der Waals surface area contributed by atoms with Gasteiger partial charge in [0.1, 0.15) is 0 Å². The van der Waals surface area contributed by atoms with Crippen LogP contribution in [-0.2, 0) is 6.54 Å². The summed E-state index contributed by atoms with van der Waals surface area (Å²) in [4.78, 5) is 13.7. The Morgan fingerprint density at radius 1 is 1.00 bits per heavy atom. The second-order valence-corrected chi connectivity index (χ2v) is 6.03. The van der Waals surface area contributed by atoms with Crippen molar-refractivity contribution in [2.24, 2.45) is 0 Å². The highest BCUT2D eigenvalue weighted by atomic mass is 16.2. The van der Waals surface area contributed by atoms with Crippen molar-refractivity contribution < 1.29 is 4.79 Å². The molecule has 1 amide bonds. The van der Waals surface area contributed by atoms with Crippen LogP contribution in [0.1, 0.15) is 16.9 Å². The molecule has 1 N–H and O–H groups in total. The molecule has 0 unspecified atom stereocenters. The van der Waals surface area contributed by atoms with Gasteiger partial charge >= 0.3 is 0 Å². The lowest BCUT2D eigenvalue weighted by atomic mass is 10.2.